The first kappa shape index (κ1) is 11.9. The van der Waals surface area contributed by atoms with Crippen molar-refractivity contribution in [2.75, 3.05) is 19.7 Å². The van der Waals surface area contributed by atoms with E-state index < -0.39 is 0 Å². The zero-order valence-corrected chi connectivity index (χ0v) is 10.9. The SMILES string of the molecule is CC1CN(Cc2cc(O)ccc2Br)CCO1. The van der Waals surface area contributed by atoms with E-state index in [1.807, 2.05) is 12.1 Å². The second kappa shape index (κ2) is 5.17. The van der Waals surface area contributed by atoms with E-state index in [0.717, 1.165) is 36.3 Å². The summed E-state index contributed by atoms with van der Waals surface area (Å²) >= 11 is 3.50. The molecule has 1 aliphatic heterocycles. The molecule has 1 heterocycles. The Morgan fingerprint density at radius 3 is 3.12 bits per heavy atom. The first-order valence-electron chi connectivity index (χ1n) is 5.46. The van der Waals surface area contributed by atoms with E-state index >= 15 is 0 Å². The Hall–Kier alpha value is -0.580. The third-order valence-corrected chi connectivity index (χ3v) is 3.52. The molecule has 3 nitrogen and oxygen atoms in total. The number of morpholine rings is 1. The van der Waals surface area contributed by atoms with Crippen molar-refractivity contribution in [1.29, 1.82) is 0 Å². The summed E-state index contributed by atoms with van der Waals surface area (Å²) in [5, 5.41) is 9.45. The maximum Gasteiger partial charge on any atom is 0.115 e. The first-order valence-corrected chi connectivity index (χ1v) is 6.26. The van der Waals surface area contributed by atoms with Crippen molar-refractivity contribution in [1.82, 2.24) is 4.90 Å². The zero-order valence-electron chi connectivity index (χ0n) is 9.32. The molecule has 1 fully saturated rings. The molecule has 1 unspecified atom stereocenters. The summed E-state index contributed by atoms with van der Waals surface area (Å²) in [6.07, 6.45) is 0.296. The van der Waals surface area contributed by atoms with Crippen LogP contribution in [0, 0.1) is 0 Å². The van der Waals surface area contributed by atoms with E-state index in [9.17, 15) is 5.11 Å². The van der Waals surface area contributed by atoms with Gasteiger partial charge in [-0.15, -0.1) is 0 Å². The number of hydrogen-bond donors (Lipinski definition) is 1. The van der Waals surface area contributed by atoms with Crippen LogP contribution in [0.1, 0.15) is 12.5 Å². The van der Waals surface area contributed by atoms with Crippen molar-refractivity contribution in [3.8, 4) is 5.75 Å². The largest absolute Gasteiger partial charge is 0.508 e. The molecule has 1 N–H and O–H groups in total. The lowest BCUT2D eigenvalue weighted by Gasteiger charge is -2.31. The highest BCUT2D eigenvalue weighted by atomic mass is 79.9. The van der Waals surface area contributed by atoms with Gasteiger partial charge in [-0.05, 0) is 30.7 Å². The minimum absolute atomic E-state index is 0.296. The molecule has 0 aromatic heterocycles. The number of benzene rings is 1. The Balaban J connectivity index is 2.05. The summed E-state index contributed by atoms with van der Waals surface area (Å²) < 4.78 is 6.54. The van der Waals surface area contributed by atoms with Crippen molar-refractivity contribution in [3.05, 3.63) is 28.2 Å². The molecule has 0 spiro atoms. The normalized spacial score (nSPS) is 22.2. The third-order valence-electron chi connectivity index (χ3n) is 2.75. The minimum Gasteiger partial charge on any atom is -0.508 e. The fourth-order valence-corrected chi connectivity index (χ4v) is 2.33. The molecule has 4 heteroatoms. The number of nitrogens with zero attached hydrogens (tertiary/aromatic N) is 1. The average Bonchev–Trinajstić information content (AvgIpc) is 2.24. The lowest BCUT2D eigenvalue weighted by atomic mass is 10.2. The molecule has 1 atom stereocenters. The fourth-order valence-electron chi connectivity index (χ4n) is 1.96. The van der Waals surface area contributed by atoms with Gasteiger partial charge in [-0.1, -0.05) is 15.9 Å². The predicted molar refractivity (Wildman–Crippen MR) is 66.5 cm³/mol. The minimum atomic E-state index is 0.296. The molecule has 1 aromatic rings. The average molecular weight is 286 g/mol. The number of phenols is 1. The van der Waals surface area contributed by atoms with E-state index in [0.29, 0.717) is 11.9 Å². The van der Waals surface area contributed by atoms with Crippen LogP contribution < -0.4 is 0 Å². The van der Waals surface area contributed by atoms with Gasteiger partial charge in [-0.3, -0.25) is 4.90 Å². The topological polar surface area (TPSA) is 32.7 Å². The van der Waals surface area contributed by atoms with Crippen LogP contribution in [0.25, 0.3) is 0 Å². The van der Waals surface area contributed by atoms with Gasteiger partial charge >= 0.3 is 0 Å². The first-order chi connectivity index (χ1) is 7.65. The van der Waals surface area contributed by atoms with Crippen LogP contribution in [0.15, 0.2) is 22.7 Å². The predicted octanol–water partition coefficient (Wildman–Crippen LogP) is 2.38. The molecule has 0 saturated carbocycles. The lowest BCUT2D eigenvalue weighted by molar-refractivity contribution is -0.0212. The van der Waals surface area contributed by atoms with Crippen LogP contribution in [0.4, 0.5) is 0 Å². The highest BCUT2D eigenvalue weighted by molar-refractivity contribution is 9.10. The van der Waals surface area contributed by atoms with Crippen molar-refractivity contribution in [2.24, 2.45) is 0 Å². The fraction of sp³-hybridized carbons (Fsp3) is 0.500. The number of aromatic hydroxyl groups is 1. The van der Waals surface area contributed by atoms with Crippen LogP contribution in [0.2, 0.25) is 0 Å². The highest BCUT2D eigenvalue weighted by Gasteiger charge is 2.17. The summed E-state index contributed by atoms with van der Waals surface area (Å²) in [7, 11) is 0. The van der Waals surface area contributed by atoms with Crippen molar-refractivity contribution >= 4 is 15.9 Å². The molecule has 0 aliphatic carbocycles. The summed E-state index contributed by atoms with van der Waals surface area (Å²) in [5.41, 5.74) is 1.12. The van der Waals surface area contributed by atoms with Gasteiger partial charge in [0.15, 0.2) is 0 Å². The van der Waals surface area contributed by atoms with Crippen LogP contribution in [0.5, 0.6) is 5.75 Å². The van der Waals surface area contributed by atoms with E-state index in [1.165, 1.54) is 0 Å². The van der Waals surface area contributed by atoms with Gasteiger partial charge in [0.1, 0.15) is 5.75 Å². The second-order valence-corrected chi connectivity index (χ2v) is 5.05. The van der Waals surface area contributed by atoms with Gasteiger partial charge in [0.2, 0.25) is 0 Å². The summed E-state index contributed by atoms with van der Waals surface area (Å²) in [5.74, 6) is 0.319. The Morgan fingerprint density at radius 2 is 2.38 bits per heavy atom. The number of phenolic OH excluding ortho intramolecular Hbond substituents is 1. The van der Waals surface area contributed by atoms with Gasteiger partial charge < -0.3 is 9.84 Å². The van der Waals surface area contributed by atoms with E-state index in [2.05, 4.69) is 27.8 Å². The molecular formula is C12H16BrNO2. The van der Waals surface area contributed by atoms with Crippen molar-refractivity contribution < 1.29 is 9.84 Å². The molecule has 1 aromatic carbocycles. The zero-order chi connectivity index (χ0) is 11.5. The van der Waals surface area contributed by atoms with Crippen LogP contribution in [0.3, 0.4) is 0 Å². The monoisotopic (exact) mass is 285 g/mol. The highest BCUT2D eigenvalue weighted by Crippen LogP contribution is 2.23. The summed E-state index contributed by atoms with van der Waals surface area (Å²) in [4.78, 5) is 2.34. The van der Waals surface area contributed by atoms with Gasteiger partial charge in [-0.25, -0.2) is 0 Å². The third kappa shape index (κ3) is 2.97. The van der Waals surface area contributed by atoms with E-state index in [-0.39, 0.29) is 0 Å². The molecule has 1 saturated heterocycles. The van der Waals surface area contributed by atoms with E-state index in [1.54, 1.807) is 6.07 Å². The quantitative estimate of drug-likeness (QED) is 0.906. The standard InChI is InChI=1S/C12H16BrNO2/c1-9-7-14(4-5-16-9)8-10-6-11(15)2-3-12(10)13/h2-3,6,9,15H,4-5,7-8H2,1H3. The molecule has 2 rings (SSSR count). The number of hydrogen-bond acceptors (Lipinski definition) is 3. The molecule has 0 radical (unpaired) electrons. The van der Waals surface area contributed by atoms with Crippen molar-refractivity contribution in [2.45, 2.75) is 19.6 Å². The molecular weight excluding hydrogens is 270 g/mol. The van der Waals surface area contributed by atoms with Crippen LogP contribution in [-0.4, -0.2) is 35.8 Å². The number of rotatable bonds is 2. The van der Waals surface area contributed by atoms with Gasteiger partial charge in [0.25, 0.3) is 0 Å². The van der Waals surface area contributed by atoms with Gasteiger partial charge in [0.05, 0.1) is 12.7 Å². The van der Waals surface area contributed by atoms with Gasteiger partial charge in [0, 0.05) is 24.1 Å². The summed E-state index contributed by atoms with van der Waals surface area (Å²) in [6, 6.07) is 5.38. The molecule has 16 heavy (non-hydrogen) atoms. The summed E-state index contributed by atoms with van der Waals surface area (Å²) in [6.45, 7) is 5.62. The Kier molecular flexibility index (Phi) is 3.84. The molecule has 88 valence electrons. The molecule has 1 aliphatic rings. The maximum absolute atomic E-state index is 9.45. The number of ether oxygens (including phenoxy) is 1. The molecule has 0 bridgehead atoms. The lowest BCUT2D eigenvalue weighted by Crippen LogP contribution is -2.40. The van der Waals surface area contributed by atoms with Gasteiger partial charge in [-0.2, -0.15) is 0 Å². The molecule has 0 amide bonds. The van der Waals surface area contributed by atoms with Crippen LogP contribution >= 0.6 is 15.9 Å². The smallest absolute Gasteiger partial charge is 0.115 e. The Bertz CT molecular complexity index is 370. The van der Waals surface area contributed by atoms with Crippen molar-refractivity contribution in [3.63, 3.8) is 0 Å². The maximum atomic E-state index is 9.45. The second-order valence-electron chi connectivity index (χ2n) is 4.19. The van der Waals surface area contributed by atoms with Crippen LogP contribution in [-0.2, 0) is 11.3 Å². The Labute approximate surface area is 104 Å². The van der Waals surface area contributed by atoms with E-state index in [4.69, 9.17) is 4.74 Å². The number of halogens is 1. The Morgan fingerprint density at radius 1 is 1.56 bits per heavy atom.